The van der Waals surface area contributed by atoms with Crippen molar-refractivity contribution in [2.75, 3.05) is 13.1 Å². The van der Waals surface area contributed by atoms with E-state index < -0.39 is 0 Å². The van der Waals surface area contributed by atoms with Crippen molar-refractivity contribution in [1.82, 2.24) is 20.0 Å². The third kappa shape index (κ3) is 2.93. The number of nitrogens with zero attached hydrogens (tertiary/aromatic N) is 4. The number of nitriles is 1. The average Bonchev–Trinajstić information content (AvgIpc) is 3.16. The lowest BCUT2D eigenvalue weighted by Crippen LogP contribution is -2.36. The summed E-state index contributed by atoms with van der Waals surface area (Å²) in [6.07, 6.45) is 6.65. The number of carbonyl (C=O) groups excluding carboxylic acids is 1. The van der Waals surface area contributed by atoms with Crippen molar-refractivity contribution < 1.29 is 4.79 Å². The highest BCUT2D eigenvalue weighted by Gasteiger charge is 2.23. The van der Waals surface area contributed by atoms with Crippen LogP contribution in [0.25, 0.3) is 11.1 Å². The normalized spacial score (nSPS) is 17.3. The van der Waals surface area contributed by atoms with Gasteiger partial charge in [0.25, 0.3) is 5.91 Å². The zero-order valence-corrected chi connectivity index (χ0v) is 12.4. The number of hydrogen-bond donors (Lipinski definition) is 1. The van der Waals surface area contributed by atoms with E-state index in [1.807, 2.05) is 37.5 Å². The Labute approximate surface area is 129 Å². The molecule has 0 aliphatic carbocycles. The maximum absolute atomic E-state index is 12.2. The number of amides is 1. The maximum atomic E-state index is 12.2. The Morgan fingerprint density at radius 2 is 2.14 bits per heavy atom. The Morgan fingerprint density at radius 3 is 2.73 bits per heavy atom. The SMILES string of the molecule is Cn1cc(-c2ccc(C(=O)N[C@@H]3CCN(C#N)C3)cc2)cn1. The molecule has 112 valence electrons. The molecular formula is C16H17N5O. The lowest BCUT2D eigenvalue weighted by molar-refractivity contribution is 0.0939. The van der Waals surface area contributed by atoms with Crippen molar-refractivity contribution in [1.29, 1.82) is 5.26 Å². The summed E-state index contributed by atoms with van der Waals surface area (Å²) < 4.78 is 1.75. The quantitative estimate of drug-likeness (QED) is 0.868. The molecule has 1 aliphatic rings. The fraction of sp³-hybridized carbons (Fsp3) is 0.312. The Morgan fingerprint density at radius 1 is 1.36 bits per heavy atom. The van der Waals surface area contributed by atoms with Gasteiger partial charge in [-0.05, 0) is 24.1 Å². The molecule has 2 aromatic rings. The van der Waals surface area contributed by atoms with E-state index in [1.54, 1.807) is 15.8 Å². The topological polar surface area (TPSA) is 74.0 Å². The van der Waals surface area contributed by atoms with Crippen LogP contribution in [0.1, 0.15) is 16.8 Å². The number of likely N-dealkylation sites (tertiary alicyclic amines) is 1. The molecule has 0 saturated carbocycles. The van der Waals surface area contributed by atoms with E-state index in [2.05, 4.69) is 16.6 Å². The highest BCUT2D eigenvalue weighted by atomic mass is 16.1. The first-order valence-corrected chi connectivity index (χ1v) is 7.20. The van der Waals surface area contributed by atoms with E-state index in [0.29, 0.717) is 18.7 Å². The van der Waals surface area contributed by atoms with E-state index >= 15 is 0 Å². The minimum absolute atomic E-state index is 0.0464. The van der Waals surface area contributed by atoms with Gasteiger partial charge in [-0.3, -0.25) is 9.48 Å². The Balaban J connectivity index is 1.65. The highest BCUT2D eigenvalue weighted by molar-refractivity contribution is 5.94. The van der Waals surface area contributed by atoms with Crippen molar-refractivity contribution in [2.24, 2.45) is 7.05 Å². The fourth-order valence-corrected chi connectivity index (χ4v) is 2.62. The van der Waals surface area contributed by atoms with Crippen molar-refractivity contribution in [3.63, 3.8) is 0 Å². The summed E-state index contributed by atoms with van der Waals surface area (Å²) in [6.45, 7) is 1.30. The van der Waals surface area contributed by atoms with Crippen LogP contribution in [0.4, 0.5) is 0 Å². The van der Waals surface area contributed by atoms with E-state index in [0.717, 1.165) is 17.5 Å². The Kier molecular flexibility index (Phi) is 3.79. The molecule has 6 heteroatoms. The van der Waals surface area contributed by atoms with Crippen LogP contribution in [-0.2, 0) is 7.05 Å². The van der Waals surface area contributed by atoms with Gasteiger partial charge in [0.2, 0.25) is 0 Å². The molecule has 0 bridgehead atoms. The molecule has 1 aromatic heterocycles. The summed E-state index contributed by atoms with van der Waals surface area (Å²) in [4.78, 5) is 13.9. The maximum Gasteiger partial charge on any atom is 0.251 e. The average molecular weight is 295 g/mol. The molecule has 0 spiro atoms. The summed E-state index contributed by atoms with van der Waals surface area (Å²) >= 11 is 0. The van der Waals surface area contributed by atoms with Crippen molar-refractivity contribution in [3.05, 3.63) is 42.2 Å². The molecule has 1 aliphatic heterocycles. The van der Waals surface area contributed by atoms with Crippen LogP contribution in [0, 0.1) is 11.5 Å². The fourth-order valence-electron chi connectivity index (χ4n) is 2.62. The second kappa shape index (κ2) is 5.90. The minimum Gasteiger partial charge on any atom is -0.347 e. The molecule has 1 amide bonds. The number of carbonyl (C=O) groups is 1. The van der Waals surface area contributed by atoms with Crippen LogP contribution >= 0.6 is 0 Å². The minimum atomic E-state index is -0.0949. The number of aryl methyl sites for hydroxylation is 1. The lowest BCUT2D eigenvalue weighted by Gasteiger charge is -2.12. The van der Waals surface area contributed by atoms with Gasteiger partial charge in [0.15, 0.2) is 6.19 Å². The zero-order chi connectivity index (χ0) is 15.5. The van der Waals surface area contributed by atoms with Gasteiger partial charge in [0.05, 0.1) is 6.20 Å². The third-order valence-electron chi connectivity index (χ3n) is 3.85. The Bertz CT molecular complexity index is 713. The van der Waals surface area contributed by atoms with Gasteiger partial charge in [-0.15, -0.1) is 0 Å². The van der Waals surface area contributed by atoms with Crippen LogP contribution < -0.4 is 5.32 Å². The van der Waals surface area contributed by atoms with Gasteiger partial charge in [0.1, 0.15) is 0 Å². The van der Waals surface area contributed by atoms with Crippen LogP contribution in [0.15, 0.2) is 36.7 Å². The first-order chi connectivity index (χ1) is 10.7. The smallest absolute Gasteiger partial charge is 0.251 e. The van der Waals surface area contributed by atoms with Crippen molar-refractivity contribution in [3.8, 4) is 17.3 Å². The van der Waals surface area contributed by atoms with Crippen LogP contribution in [0.3, 0.4) is 0 Å². The van der Waals surface area contributed by atoms with E-state index in [4.69, 9.17) is 5.26 Å². The lowest BCUT2D eigenvalue weighted by atomic mass is 10.1. The first-order valence-electron chi connectivity index (χ1n) is 7.20. The number of hydrogen-bond acceptors (Lipinski definition) is 4. The largest absolute Gasteiger partial charge is 0.347 e. The predicted octanol–water partition coefficient (Wildman–Crippen LogP) is 1.37. The molecule has 1 fully saturated rings. The molecule has 1 saturated heterocycles. The monoisotopic (exact) mass is 295 g/mol. The van der Waals surface area contributed by atoms with E-state index in [-0.39, 0.29) is 11.9 Å². The highest BCUT2D eigenvalue weighted by Crippen LogP contribution is 2.19. The number of aromatic nitrogens is 2. The van der Waals surface area contributed by atoms with Crippen LogP contribution in [-0.4, -0.2) is 39.7 Å². The molecular weight excluding hydrogens is 278 g/mol. The van der Waals surface area contributed by atoms with Gasteiger partial charge in [-0.1, -0.05) is 12.1 Å². The molecule has 2 heterocycles. The van der Waals surface area contributed by atoms with Gasteiger partial charge in [-0.25, -0.2) is 0 Å². The summed E-state index contributed by atoms with van der Waals surface area (Å²) in [5.74, 6) is -0.0949. The number of nitrogens with one attached hydrogen (secondary N) is 1. The van der Waals surface area contributed by atoms with Gasteiger partial charge >= 0.3 is 0 Å². The molecule has 22 heavy (non-hydrogen) atoms. The van der Waals surface area contributed by atoms with Gasteiger partial charge in [-0.2, -0.15) is 10.4 Å². The molecule has 3 rings (SSSR count). The van der Waals surface area contributed by atoms with Crippen molar-refractivity contribution >= 4 is 5.91 Å². The molecule has 1 aromatic carbocycles. The number of rotatable bonds is 3. The van der Waals surface area contributed by atoms with E-state index in [9.17, 15) is 4.79 Å². The standard InChI is InChI=1S/C16H17N5O/c1-20-9-14(8-18-20)12-2-4-13(5-3-12)16(22)19-15-6-7-21(10-15)11-17/h2-5,8-9,15H,6-7,10H2,1H3,(H,19,22)/t15-/m1/s1. The second-order valence-electron chi connectivity index (χ2n) is 5.49. The Hall–Kier alpha value is -2.81. The summed E-state index contributed by atoms with van der Waals surface area (Å²) in [5.41, 5.74) is 2.68. The summed E-state index contributed by atoms with van der Waals surface area (Å²) in [5, 5.41) is 15.9. The van der Waals surface area contributed by atoms with E-state index in [1.165, 1.54) is 0 Å². The molecule has 0 radical (unpaired) electrons. The van der Waals surface area contributed by atoms with Gasteiger partial charge < -0.3 is 10.2 Å². The zero-order valence-electron chi connectivity index (χ0n) is 12.4. The molecule has 1 N–H and O–H groups in total. The third-order valence-corrected chi connectivity index (χ3v) is 3.85. The van der Waals surface area contributed by atoms with Crippen molar-refractivity contribution in [2.45, 2.75) is 12.5 Å². The van der Waals surface area contributed by atoms with Crippen LogP contribution in [0.2, 0.25) is 0 Å². The molecule has 0 unspecified atom stereocenters. The molecule has 6 nitrogen and oxygen atoms in total. The first kappa shape index (κ1) is 14.1. The summed E-state index contributed by atoms with van der Waals surface area (Å²) in [6, 6.07) is 7.51. The van der Waals surface area contributed by atoms with Crippen LogP contribution in [0.5, 0.6) is 0 Å². The van der Waals surface area contributed by atoms with Gasteiger partial charge in [0, 0.05) is 43.5 Å². The predicted molar refractivity (Wildman–Crippen MR) is 81.7 cm³/mol. The molecule has 1 atom stereocenters. The number of benzene rings is 1. The summed E-state index contributed by atoms with van der Waals surface area (Å²) in [7, 11) is 1.87. The second-order valence-corrected chi connectivity index (χ2v) is 5.49.